The molecule has 2 amide bonds. The molecule has 2 unspecified atom stereocenters. The van der Waals surface area contributed by atoms with E-state index in [-0.39, 0.29) is 12.1 Å². The molecule has 0 aliphatic heterocycles. The molecule has 0 heterocycles. The van der Waals surface area contributed by atoms with Crippen LogP contribution in [0.25, 0.3) is 0 Å². The molecule has 2 N–H and O–H groups in total. The Morgan fingerprint density at radius 2 is 0.914 bits per heavy atom. The Kier molecular flexibility index (Phi) is 18.3. The van der Waals surface area contributed by atoms with Gasteiger partial charge in [-0.05, 0) is 44.3 Å². The maximum Gasteiger partial charge on any atom is 0.279 e. The maximum atomic E-state index is 14.0. The van der Waals surface area contributed by atoms with E-state index in [0.29, 0.717) is 19.3 Å². The van der Waals surface area contributed by atoms with E-state index in [9.17, 15) is 18.4 Å². The fourth-order valence-corrected chi connectivity index (χ4v) is 4.19. The minimum absolute atomic E-state index is 0.339. The fourth-order valence-electron chi connectivity index (χ4n) is 4.19. The molecule has 0 aromatic heterocycles. The summed E-state index contributed by atoms with van der Waals surface area (Å²) in [5, 5.41) is 5.15. The van der Waals surface area contributed by atoms with Crippen molar-refractivity contribution in [2.75, 3.05) is 0 Å². The summed E-state index contributed by atoms with van der Waals surface area (Å²) in [4.78, 5) is 23.9. The van der Waals surface area contributed by atoms with Crippen LogP contribution >= 0.6 is 0 Å². The van der Waals surface area contributed by atoms with Gasteiger partial charge < -0.3 is 10.6 Å². The Bertz CT molecular complexity index is 595. The lowest BCUT2D eigenvalue weighted by atomic mass is 10.1. The van der Waals surface area contributed by atoms with E-state index in [1.807, 2.05) is 0 Å². The standard InChI is InChI=1S/C29H50F2N2O2/c1-3-5-7-9-11-13-15-17-19-21-24(30)28(34)32-26-23-27(26)33-29(35)25(31)22-20-18-16-14-12-10-8-6-4-2/h21-22,26-27H,3-20,23H2,1-2H3,(H,32,34)(H,33,35). The van der Waals surface area contributed by atoms with E-state index in [0.717, 1.165) is 38.5 Å². The molecule has 4 nitrogen and oxygen atoms in total. The lowest BCUT2D eigenvalue weighted by Gasteiger charge is -2.05. The summed E-state index contributed by atoms with van der Waals surface area (Å²) >= 11 is 0. The second kappa shape index (κ2) is 20.5. The smallest absolute Gasteiger partial charge is 0.279 e. The average Bonchev–Trinajstić information content (AvgIpc) is 3.58. The van der Waals surface area contributed by atoms with Crippen LogP contribution in [0.3, 0.4) is 0 Å². The highest BCUT2D eigenvalue weighted by atomic mass is 19.1. The SMILES string of the molecule is CCCCCCCCCCC=C(F)C(=O)NC1CC1NC(=O)C(F)=CCCCCCCCCCC. The van der Waals surface area contributed by atoms with Crippen LogP contribution in [0.1, 0.15) is 136 Å². The number of rotatable bonds is 22. The Morgan fingerprint density at radius 1 is 0.600 bits per heavy atom. The van der Waals surface area contributed by atoms with Crippen molar-refractivity contribution >= 4 is 11.8 Å². The third kappa shape index (κ3) is 16.6. The van der Waals surface area contributed by atoms with Gasteiger partial charge in [0.05, 0.1) is 12.1 Å². The van der Waals surface area contributed by atoms with Gasteiger partial charge in [0, 0.05) is 0 Å². The van der Waals surface area contributed by atoms with Gasteiger partial charge in [-0.25, -0.2) is 8.78 Å². The van der Waals surface area contributed by atoms with Gasteiger partial charge in [-0.1, -0.05) is 104 Å². The molecule has 1 aliphatic carbocycles. The van der Waals surface area contributed by atoms with Gasteiger partial charge in [-0.15, -0.1) is 0 Å². The van der Waals surface area contributed by atoms with Crippen LogP contribution in [0.2, 0.25) is 0 Å². The maximum absolute atomic E-state index is 14.0. The highest BCUT2D eigenvalue weighted by Gasteiger charge is 2.40. The number of amides is 2. The summed E-state index contributed by atoms with van der Waals surface area (Å²) in [6, 6.07) is -0.677. The number of carbonyl (C=O) groups is 2. The van der Waals surface area contributed by atoms with Crippen LogP contribution in [0.5, 0.6) is 0 Å². The quantitative estimate of drug-likeness (QED) is 0.117. The van der Waals surface area contributed by atoms with Crippen LogP contribution in [0, 0.1) is 0 Å². The van der Waals surface area contributed by atoms with Gasteiger partial charge in [0.1, 0.15) is 0 Å². The second-order valence-electron chi connectivity index (χ2n) is 10.0. The number of nitrogens with one attached hydrogen (secondary N) is 2. The molecule has 0 bridgehead atoms. The third-order valence-electron chi connectivity index (χ3n) is 6.62. The van der Waals surface area contributed by atoms with E-state index in [2.05, 4.69) is 24.5 Å². The Labute approximate surface area is 212 Å². The minimum Gasteiger partial charge on any atom is -0.345 e. The van der Waals surface area contributed by atoms with Crippen molar-refractivity contribution in [2.45, 2.75) is 148 Å². The molecule has 0 saturated heterocycles. The van der Waals surface area contributed by atoms with E-state index in [4.69, 9.17) is 0 Å². The highest BCUT2D eigenvalue weighted by molar-refractivity contribution is 5.93. The number of allylic oxidation sites excluding steroid dienone is 2. The summed E-state index contributed by atoms with van der Waals surface area (Å²) in [5.41, 5.74) is 0. The number of halogens is 2. The summed E-state index contributed by atoms with van der Waals surface area (Å²) in [7, 11) is 0. The second-order valence-corrected chi connectivity index (χ2v) is 10.0. The third-order valence-corrected chi connectivity index (χ3v) is 6.62. The Hall–Kier alpha value is -1.72. The molecule has 0 aromatic carbocycles. The molecule has 35 heavy (non-hydrogen) atoms. The lowest BCUT2D eigenvalue weighted by molar-refractivity contribution is -0.120. The van der Waals surface area contributed by atoms with Crippen molar-refractivity contribution in [1.29, 1.82) is 0 Å². The zero-order valence-corrected chi connectivity index (χ0v) is 22.3. The van der Waals surface area contributed by atoms with E-state index >= 15 is 0 Å². The van der Waals surface area contributed by atoms with E-state index in [1.54, 1.807) is 0 Å². The molecule has 0 spiro atoms. The molecule has 1 fully saturated rings. The molecule has 2 atom stereocenters. The van der Waals surface area contributed by atoms with Crippen molar-refractivity contribution in [1.82, 2.24) is 10.6 Å². The van der Waals surface area contributed by atoms with Gasteiger partial charge in [-0.2, -0.15) is 0 Å². The van der Waals surface area contributed by atoms with Gasteiger partial charge >= 0.3 is 0 Å². The first-order chi connectivity index (χ1) is 17.0. The Morgan fingerprint density at radius 3 is 1.26 bits per heavy atom. The number of carbonyl (C=O) groups excluding carboxylic acids is 2. The zero-order chi connectivity index (χ0) is 25.7. The topological polar surface area (TPSA) is 58.2 Å². The van der Waals surface area contributed by atoms with Crippen molar-refractivity contribution in [3.8, 4) is 0 Å². The summed E-state index contributed by atoms with van der Waals surface area (Å²) in [5.74, 6) is -3.06. The van der Waals surface area contributed by atoms with E-state index < -0.39 is 23.5 Å². The first-order valence-corrected chi connectivity index (χ1v) is 14.3. The number of hydrogen-bond acceptors (Lipinski definition) is 2. The van der Waals surface area contributed by atoms with Crippen molar-refractivity contribution < 1.29 is 18.4 Å². The lowest BCUT2D eigenvalue weighted by Crippen LogP contribution is -2.35. The summed E-state index contributed by atoms with van der Waals surface area (Å²) in [6.07, 6.45) is 23.0. The number of unbranched alkanes of at least 4 members (excludes halogenated alkanes) is 16. The molecule has 1 rings (SSSR count). The Balaban J connectivity index is 2.10. The highest BCUT2D eigenvalue weighted by Crippen LogP contribution is 2.23. The van der Waals surface area contributed by atoms with Crippen LogP contribution in [0.15, 0.2) is 23.8 Å². The molecule has 1 aliphatic rings. The monoisotopic (exact) mass is 496 g/mol. The largest absolute Gasteiger partial charge is 0.345 e. The van der Waals surface area contributed by atoms with Crippen LogP contribution in [-0.4, -0.2) is 23.9 Å². The van der Waals surface area contributed by atoms with Crippen LogP contribution in [0.4, 0.5) is 8.78 Å². The molecular formula is C29H50F2N2O2. The van der Waals surface area contributed by atoms with Crippen LogP contribution in [-0.2, 0) is 9.59 Å². The van der Waals surface area contributed by atoms with Gasteiger partial charge in [-0.3, -0.25) is 9.59 Å². The molecule has 1 saturated carbocycles. The molecule has 0 aromatic rings. The first kappa shape index (κ1) is 31.3. The van der Waals surface area contributed by atoms with Crippen LogP contribution < -0.4 is 10.6 Å². The van der Waals surface area contributed by atoms with Gasteiger partial charge in [0.2, 0.25) is 0 Å². The first-order valence-electron chi connectivity index (χ1n) is 14.3. The van der Waals surface area contributed by atoms with Crippen molar-refractivity contribution in [2.24, 2.45) is 0 Å². The molecule has 202 valence electrons. The van der Waals surface area contributed by atoms with Crippen molar-refractivity contribution in [3.63, 3.8) is 0 Å². The summed E-state index contributed by atoms with van der Waals surface area (Å²) < 4.78 is 28.0. The van der Waals surface area contributed by atoms with E-state index in [1.165, 1.54) is 76.4 Å². The normalized spacial score (nSPS) is 17.9. The molecule has 6 heteroatoms. The average molecular weight is 497 g/mol. The predicted octanol–water partition coefficient (Wildman–Crippen LogP) is 8.13. The molecular weight excluding hydrogens is 446 g/mol. The minimum atomic E-state index is -0.777. The molecule has 0 radical (unpaired) electrons. The summed E-state index contributed by atoms with van der Waals surface area (Å²) in [6.45, 7) is 4.40. The van der Waals surface area contributed by atoms with Crippen molar-refractivity contribution in [3.05, 3.63) is 23.8 Å². The zero-order valence-electron chi connectivity index (χ0n) is 22.3. The van der Waals surface area contributed by atoms with Gasteiger partial charge in [0.25, 0.3) is 11.8 Å². The fraction of sp³-hybridized carbons (Fsp3) is 0.793. The predicted molar refractivity (Wildman–Crippen MR) is 141 cm³/mol. The number of hydrogen-bond donors (Lipinski definition) is 2. The van der Waals surface area contributed by atoms with Gasteiger partial charge in [0.15, 0.2) is 11.7 Å².